The second-order valence-corrected chi connectivity index (χ2v) is 5.55. The maximum atomic E-state index is 3.59. The van der Waals surface area contributed by atoms with E-state index < -0.39 is 0 Å². The molecule has 1 aliphatic heterocycles. The van der Waals surface area contributed by atoms with E-state index in [9.17, 15) is 0 Å². The lowest BCUT2D eigenvalue weighted by Crippen LogP contribution is -2.34. The molecule has 0 aromatic rings. The van der Waals surface area contributed by atoms with Gasteiger partial charge in [-0.3, -0.25) is 0 Å². The number of hydrogen-bond acceptors (Lipinski definition) is 2. The second-order valence-electron chi connectivity index (χ2n) is 4.40. The number of thioether (sulfide) groups is 1. The third kappa shape index (κ3) is 5.58. The highest BCUT2D eigenvalue weighted by Gasteiger charge is 2.11. The van der Waals surface area contributed by atoms with Gasteiger partial charge in [-0.2, -0.15) is 11.8 Å². The molecule has 13 heavy (non-hydrogen) atoms. The van der Waals surface area contributed by atoms with E-state index in [0.29, 0.717) is 0 Å². The molecule has 0 aromatic carbocycles. The highest BCUT2D eigenvalue weighted by molar-refractivity contribution is 7.99. The summed E-state index contributed by atoms with van der Waals surface area (Å²) in [6.45, 7) is 5.84. The van der Waals surface area contributed by atoms with Gasteiger partial charge >= 0.3 is 0 Å². The van der Waals surface area contributed by atoms with Crippen LogP contribution in [-0.4, -0.2) is 24.1 Å². The average Bonchev–Trinajstić information content (AvgIpc) is 2.14. The van der Waals surface area contributed by atoms with Gasteiger partial charge in [-0.05, 0) is 43.2 Å². The number of rotatable bonds is 5. The fourth-order valence-corrected chi connectivity index (χ4v) is 2.80. The summed E-state index contributed by atoms with van der Waals surface area (Å²) < 4.78 is 0. The van der Waals surface area contributed by atoms with Crippen molar-refractivity contribution in [2.45, 2.75) is 45.6 Å². The van der Waals surface area contributed by atoms with E-state index in [1.807, 2.05) is 0 Å². The molecular weight excluding hydrogens is 178 g/mol. The molecule has 1 unspecified atom stereocenters. The zero-order valence-electron chi connectivity index (χ0n) is 9.01. The zero-order valence-corrected chi connectivity index (χ0v) is 9.83. The van der Waals surface area contributed by atoms with Crippen molar-refractivity contribution in [2.24, 2.45) is 5.92 Å². The Kier molecular flexibility index (Phi) is 5.88. The fraction of sp³-hybridized carbons (Fsp3) is 1.00. The third-order valence-corrected chi connectivity index (χ3v) is 3.90. The van der Waals surface area contributed by atoms with E-state index in [1.54, 1.807) is 0 Å². The maximum absolute atomic E-state index is 3.59. The molecule has 0 aromatic heterocycles. The van der Waals surface area contributed by atoms with Gasteiger partial charge in [0.25, 0.3) is 0 Å². The predicted octanol–water partition coefficient (Wildman–Crippen LogP) is 2.91. The Morgan fingerprint density at radius 3 is 2.85 bits per heavy atom. The van der Waals surface area contributed by atoms with Gasteiger partial charge in [0, 0.05) is 6.04 Å². The molecule has 2 heteroatoms. The molecule has 1 atom stereocenters. The average molecular weight is 201 g/mol. The Hall–Kier alpha value is 0.310. The number of nitrogens with one attached hydrogen (secondary N) is 1. The van der Waals surface area contributed by atoms with Crippen molar-refractivity contribution in [2.75, 3.05) is 18.1 Å². The monoisotopic (exact) mass is 201 g/mol. The smallest absolute Gasteiger partial charge is 0.00749 e. The molecule has 78 valence electrons. The Labute approximate surface area is 87.1 Å². The normalized spacial score (nSPS) is 23.8. The molecule has 1 N–H and O–H groups in total. The summed E-state index contributed by atoms with van der Waals surface area (Å²) in [6, 6.07) is 0.827. The molecular formula is C11H23NS. The first-order valence-corrected chi connectivity index (χ1v) is 6.75. The standard InChI is InChI=1S/C11H23NS/c1-10(2)9-13-8-6-11-5-3-4-7-12-11/h10-12H,3-9H2,1-2H3. The molecule has 0 radical (unpaired) electrons. The Balaban J connectivity index is 1.92. The molecule has 1 aliphatic rings. The van der Waals surface area contributed by atoms with Crippen LogP contribution in [0, 0.1) is 5.92 Å². The van der Waals surface area contributed by atoms with Crippen molar-refractivity contribution < 1.29 is 0 Å². The van der Waals surface area contributed by atoms with E-state index in [2.05, 4.69) is 30.9 Å². The minimum atomic E-state index is 0.827. The largest absolute Gasteiger partial charge is 0.314 e. The molecule has 0 bridgehead atoms. The van der Waals surface area contributed by atoms with Crippen LogP contribution in [0.25, 0.3) is 0 Å². The Morgan fingerprint density at radius 1 is 1.38 bits per heavy atom. The van der Waals surface area contributed by atoms with Crippen LogP contribution in [0.5, 0.6) is 0 Å². The summed E-state index contributed by atoms with van der Waals surface area (Å²) in [4.78, 5) is 0. The van der Waals surface area contributed by atoms with Gasteiger partial charge < -0.3 is 5.32 Å². The van der Waals surface area contributed by atoms with Gasteiger partial charge in [-0.15, -0.1) is 0 Å². The third-order valence-electron chi connectivity index (χ3n) is 2.47. The molecule has 1 saturated heterocycles. The molecule has 0 amide bonds. The van der Waals surface area contributed by atoms with Gasteiger partial charge in [0.05, 0.1) is 0 Å². The van der Waals surface area contributed by atoms with Crippen molar-refractivity contribution in [3.63, 3.8) is 0 Å². The summed E-state index contributed by atoms with van der Waals surface area (Å²) in [5.74, 6) is 3.52. The molecule has 0 aliphatic carbocycles. The van der Waals surface area contributed by atoms with Crippen LogP contribution in [-0.2, 0) is 0 Å². The zero-order chi connectivity index (χ0) is 9.52. The van der Waals surface area contributed by atoms with Gasteiger partial charge in [0.15, 0.2) is 0 Å². The quantitative estimate of drug-likeness (QED) is 0.686. The fourth-order valence-electron chi connectivity index (χ4n) is 1.72. The summed E-state index contributed by atoms with van der Waals surface area (Å²) in [6.07, 6.45) is 5.60. The van der Waals surface area contributed by atoms with E-state index in [0.717, 1.165) is 12.0 Å². The Bertz CT molecular complexity index is 119. The van der Waals surface area contributed by atoms with E-state index >= 15 is 0 Å². The minimum absolute atomic E-state index is 0.827. The van der Waals surface area contributed by atoms with Gasteiger partial charge in [0.1, 0.15) is 0 Å². The van der Waals surface area contributed by atoms with Crippen LogP contribution in [0.2, 0.25) is 0 Å². The van der Waals surface area contributed by atoms with Gasteiger partial charge in [-0.25, -0.2) is 0 Å². The first-order chi connectivity index (χ1) is 6.29. The first-order valence-electron chi connectivity index (χ1n) is 5.60. The SMILES string of the molecule is CC(C)CSCCC1CCCCN1. The first kappa shape index (κ1) is 11.4. The van der Waals surface area contributed by atoms with E-state index in [-0.39, 0.29) is 0 Å². The van der Waals surface area contributed by atoms with Crippen molar-refractivity contribution in [1.29, 1.82) is 0 Å². The lowest BCUT2D eigenvalue weighted by Gasteiger charge is -2.23. The molecule has 1 fully saturated rings. The van der Waals surface area contributed by atoms with Crippen LogP contribution < -0.4 is 5.32 Å². The summed E-state index contributed by atoms with van der Waals surface area (Å²) >= 11 is 2.11. The highest BCUT2D eigenvalue weighted by atomic mass is 32.2. The summed E-state index contributed by atoms with van der Waals surface area (Å²) in [5, 5.41) is 3.59. The van der Waals surface area contributed by atoms with Crippen molar-refractivity contribution in [1.82, 2.24) is 5.32 Å². The van der Waals surface area contributed by atoms with Crippen LogP contribution in [0.1, 0.15) is 39.5 Å². The summed E-state index contributed by atoms with van der Waals surface area (Å²) in [5.41, 5.74) is 0. The number of hydrogen-bond donors (Lipinski definition) is 1. The molecule has 1 heterocycles. The van der Waals surface area contributed by atoms with Crippen molar-refractivity contribution in [3.8, 4) is 0 Å². The van der Waals surface area contributed by atoms with Crippen LogP contribution >= 0.6 is 11.8 Å². The van der Waals surface area contributed by atoms with Gasteiger partial charge in [-0.1, -0.05) is 20.3 Å². The van der Waals surface area contributed by atoms with Crippen LogP contribution in [0.4, 0.5) is 0 Å². The highest BCUT2D eigenvalue weighted by Crippen LogP contribution is 2.14. The predicted molar refractivity (Wildman–Crippen MR) is 62.4 cm³/mol. The van der Waals surface area contributed by atoms with Crippen LogP contribution in [0.15, 0.2) is 0 Å². The Morgan fingerprint density at radius 2 is 2.23 bits per heavy atom. The summed E-state index contributed by atoms with van der Waals surface area (Å²) in [7, 11) is 0. The lowest BCUT2D eigenvalue weighted by molar-refractivity contribution is 0.394. The van der Waals surface area contributed by atoms with E-state index in [4.69, 9.17) is 0 Å². The second kappa shape index (κ2) is 6.72. The minimum Gasteiger partial charge on any atom is -0.314 e. The molecule has 0 spiro atoms. The van der Waals surface area contributed by atoms with Crippen molar-refractivity contribution in [3.05, 3.63) is 0 Å². The topological polar surface area (TPSA) is 12.0 Å². The van der Waals surface area contributed by atoms with Gasteiger partial charge in [0.2, 0.25) is 0 Å². The van der Waals surface area contributed by atoms with Crippen molar-refractivity contribution >= 4 is 11.8 Å². The molecule has 1 rings (SSSR count). The maximum Gasteiger partial charge on any atom is 0.00749 e. The molecule has 0 saturated carbocycles. The number of piperidine rings is 1. The lowest BCUT2D eigenvalue weighted by atomic mass is 10.0. The van der Waals surface area contributed by atoms with Crippen LogP contribution in [0.3, 0.4) is 0 Å². The molecule has 1 nitrogen and oxygen atoms in total. The van der Waals surface area contributed by atoms with E-state index in [1.165, 1.54) is 43.7 Å².